The second-order valence-electron chi connectivity index (χ2n) is 5.79. The highest BCUT2D eigenvalue weighted by atomic mass is 127. The Kier molecular flexibility index (Phi) is 9.99. The van der Waals surface area contributed by atoms with E-state index in [2.05, 4.69) is 58.9 Å². The topological polar surface area (TPSA) is 45.7 Å². The Morgan fingerprint density at radius 2 is 1.84 bits per heavy atom. The van der Waals surface area contributed by atoms with Crippen LogP contribution in [0.4, 0.5) is 0 Å². The van der Waals surface area contributed by atoms with Crippen molar-refractivity contribution >= 4 is 29.9 Å². The lowest BCUT2D eigenvalue weighted by molar-refractivity contribution is 0.414. The number of aliphatic imine (C=N–C) groups is 1. The lowest BCUT2D eigenvalue weighted by atomic mass is 10.0. The SMILES string of the molecule is CN=C(NCCc1cccc(OC)c1)NCC(C)c1ccccc1.I. The number of nitrogens with zero attached hydrogens (tertiary/aromatic N) is 1. The molecule has 1 unspecified atom stereocenters. The molecule has 0 fully saturated rings. The Morgan fingerprint density at radius 1 is 1.08 bits per heavy atom. The molecule has 0 aliphatic heterocycles. The third-order valence-corrected chi connectivity index (χ3v) is 4.01. The number of ether oxygens (including phenoxy) is 1. The molecule has 0 saturated heterocycles. The molecule has 0 heterocycles. The average Bonchev–Trinajstić information content (AvgIpc) is 2.65. The molecule has 0 aliphatic carbocycles. The van der Waals surface area contributed by atoms with Crippen LogP contribution < -0.4 is 15.4 Å². The van der Waals surface area contributed by atoms with Crippen molar-refractivity contribution in [1.82, 2.24) is 10.6 Å². The number of rotatable bonds is 7. The van der Waals surface area contributed by atoms with Crippen LogP contribution in [0.15, 0.2) is 59.6 Å². The van der Waals surface area contributed by atoms with E-state index in [9.17, 15) is 0 Å². The third-order valence-electron chi connectivity index (χ3n) is 4.01. The minimum atomic E-state index is 0. The first-order valence-corrected chi connectivity index (χ1v) is 8.35. The van der Waals surface area contributed by atoms with Crippen LogP contribution in [0.25, 0.3) is 0 Å². The van der Waals surface area contributed by atoms with Crippen molar-refractivity contribution in [3.8, 4) is 5.75 Å². The van der Waals surface area contributed by atoms with Gasteiger partial charge in [0, 0.05) is 20.1 Å². The highest BCUT2D eigenvalue weighted by Gasteiger charge is 2.06. The van der Waals surface area contributed by atoms with Crippen molar-refractivity contribution < 1.29 is 4.74 Å². The normalized spacial score (nSPS) is 12.0. The molecule has 0 bridgehead atoms. The Bertz CT molecular complexity index is 646. The second kappa shape index (κ2) is 11.7. The van der Waals surface area contributed by atoms with Crippen LogP contribution in [0.3, 0.4) is 0 Å². The third kappa shape index (κ3) is 7.34. The Hall–Kier alpha value is -1.76. The fourth-order valence-electron chi connectivity index (χ4n) is 2.52. The highest BCUT2D eigenvalue weighted by molar-refractivity contribution is 14.0. The van der Waals surface area contributed by atoms with E-state index in [4.69, 9.17) is 4.74 Å². The number of hydrogen-bond donors (Lipinski definition) is 2. The number of halogens is 1. The van der Waals surface area contributed by atoms with Crippen molar-refractivity contribution in [2.24, 2.45) is 4.99 Å². The van der Waals surface area contributed by atoms with E-state index < -0.39 is 0 Å². The van der Waals surface area contributed by atoms with E-state index >= 15 is 0 Å². The second-order valence-corrected chi connectivity index (χ2v) is 5.79. The number of nitrogens with one attached hydrogen (secondary N) is 2. The molecular formula is C20H28IN3O. The molecule has 0 aliphatic rings. The van der Waals surface area contributed by atoms with Gasteiger partial charge >= 0.3 is 0 Å². The zero-order valence-electron chi connectivity index (χ0n) is 15.2. The fourth-order valence-corrected chi connectivity index (χ4v) is 2.52. The van der Waals surface area contributed by atoms with Crippen LogP contribution in [0, 0.1) is 0 Å². The molecule has 0 spiro atoms. The van der Waals surface area contributed by atoms with E-state index in [1.807, 2.05) is 18.2 Å². The summed E-state index contributed by atoms with van der Waals surface area (Å²) >= 11 is 0. The molecule has 25 heavy (non-hydrogen) atoms. The molecule has 2 N–H and O–H groups in total. The number of benzene rings is 2. The molecule has 2 aromatic carbocycles. The summed E-state index contributed by atoms with van der Waals surface area (Å²) in [7, 11) is 3.49. The van der Waals surface area contributed by atoms with E-state index in [1.165, 1.54) is 11.1 Å². The summed E-state index contributed by atoms with van der Waals surface area (Å²) in [6.07, 6.45) is 0.923. The highest BCUT2D eigenvalue weighted by Crippen LogP contribution is 2.13. The van der Waals surface area contributed by atoms with Crippen molar-refractivity contribution in [2.75, 3.05) is 27.2 Å². The molecule has 0 saturated carbocycles. The summed E-state index contributed by atoms with van der Waals surface area (Å²) in [5, 5.41) is 6.75. The predicted octanol–water partition coefficient (Wildman–Crippen LogP) is 3.82. The van der Waals surface area contributed by atoms with E-state index in [1.54, 1.807) is 14.2 Å². The molecule has 2 aromatic rings. The maximum absolute atomic E-state index is 5.25. The van der Waals surface area contributed by atoms with Gasteiger partial charge in [-0.05, 0) is 35.6 Å². The van der Waals surface area contributed by atoms with Gasteiger partial charge in [0.1, 0.15) is 5.75 Å². The van der Waals surface area contributed by atoms with Gasteiger partial charge in [-0.15, -0.1) is 24.0 Å². The zero-order valence-corrected chi connectivity index (χ0v) is 17.5. The Morgan fingerprint density at radius 3 is 2.52 bits per heavy atom. The van der Waals surface area contributed by atoms with Crippen LogP contribution >= 0.6 is 24.0 Å². The first kappa shape index (κ1) is 21.3. The standard InChI is InChI=1S/C20H27N3O.HI/c1-16(18-9-5-4-6-10-18)15-23-20(21-2)22-13-12-17-8-7-11-19(14-17)24-3;/h4-11,14,16H,12-13,15H2,1-3H3,(H2,21,22,23);1H. The maximum atomic E-state index is 5.25. The smallest absolute Gasteiger partial charge is 0.191 e. The molecule has 0 amide bonds. The molecule has 4 nitrogen and oxygen atoms in total. The molecule has 136 valence electrons. The van der Waals surface area contributed by atoms with Crippen molar-refractivity contribution in [3.05, 3.63) is 65.7 Å². The summed E-state index contributed by atoms with van der Waals surface area (Å²) < 4.78 is 5.25. The van der Waals surface area contributed by atoms with E-state index in [0.29, 0.717) is 5.92 Å². The average molecular weight is 453 g/mol. The Labute approximate surface area is 168 Å². The number of hydrogen-bond acceptors (Lipinski definition) is 2. The summed E-state index contributed by atoms with van der Waals surface area (Å²) in [4.78, 5) is 4.29. The van der Waals surface area contributed by atoms with E-state index in [-0.39, 0.29) is 24.0 Å². The lowest BCUT2D eigenvalue weighted by Gasteiger charge is -2.16. The van der Waals surface area contributed by atoms with Crippen LogP contribution in [0.2, 0.25) is 0 Å². The van der Waals surface area contributed by atoms with Gasteiger partial charge in [-0.2, -0.15) is 0 Å². The van der Waals surface area contributed by atoms with Crippen LogP contribution in [0.1, 0.15) is 24.0 Å². The van der Waals surface area contributed by atoms with E-state index in [0.717, 1.165) is 31.2 Å². The maximum Gasteiger partial charge on any atom is 0.191 e. The number of guanidine groups is 1. The molecule has 1 atom stereocenters. The van der Waals surface area contributed by atoms with Crippen molar-refractivity contribution in [3.63, 3.8) is 0 Å². The minimum Gasteiger partial charge on any atom is -0.497 e. The monoisotopic (exact) mass is 453 g/mol. The van der Waals surface area contributed by atoms with Gasteiger partial charge in [-0.25, -0.2) is 0 Å². The van der Waals surface area contributed by atoms with Gasteiger partial charge in [-0.3, -0.25) is 4.99 Å². The largest absolute Gasteiger partial charge is 0.497 e. The number of methoxy groups -OCH3 is 1. The lowest BCUT2D eigenvalue weighted by Crippen LogP contribution is -2.39. The first-order chi connectivity index (χ1) is 11.7. The van der Waals surface area contributed by atoms with Gasteiger partial charge in [0.25, 0.3) is 0 Å². The van der Waals surface area contributed by atoms with Crippen LogP contribution in [-0.4, -0.2) is 33.2 Å². The molecule has 5 heteroatoms. The van der Waals surface area contributed by atoms with Crippen molar-refractivity contribution in [2.45, 2.75) is 19.3 Å². The van der Waals surface area contributed by atoms with Crippen LogP contribution in [0.5, 0.6) is 5.75 Å². The zero-order chi connectivity index (χ0) is 17.2. The van der Waals surface area contributed by atoms with Gasteiger partial charge in [0.2, 0.25) is 0 Å². The minimum absolute atomic E-state index is 0. The van der Waals surface area contributed by atoms with Gasteiger partial charge < -0.3 is 15.4 Å². The quantitative estimate of drug-likeness (QED) is 0.381. The summed E-state index contributed by atoms with van der Waals surface area (Å²) in [6, 6.07) is 18.7. The molecular weight excluding hydrogens is 425 g/mol. The molecule has 0 radical (unpaired) electrons. The van der Waals surface area contributed by atoms with Gasteiger partial charge in [0.15, 0.2) is 5.96 Å². The van der Waals surface area contributed by atoms with Gasteiger partial charge in [-0.1, -0.05) is 49.4 Å². The Balaban J connectivity index is 0.00000312. The summed E-state index contributed by atoms with van der Waals surface area (Å²) in [5.41, 5.74) is 2.58. The predicted molar refractivity (Wildman–Crippen MR) is 116 cm³/mol. The molecule has 0 aromatic heterocycles. The fraction of sp³-hybridized carbons (Fsp3) is 0.350. The molecule has 2 rings (SSSR count). The van der Waals surface area contributed by atoms with Crippen molar-refractivity contribution in [1.29, 1.82) is 0 Å². The van der Waals surface area contributed by atoms with Gasteiger partial charge in [0.05, 0.1) is 7.11 Å². The summed E-state index contributed by atoms with van der Waals surface area (Å²) in [6.45, 7) is 3.89. The summed E-state index contributed by atoms with van der Waals surface area (Å²) in [5.74, 6) is 2.16. The van der Waals surface area contributed by atoms with Crippen LogP contribution in [-0.2, 0) is 6.42 Å². The first-order valence-electron chi connectivity index (χ1n) is 8.35.